The van der Waals surface area contributed by atoms with Crippen LogP contribution < -0.4 is 5.32 Å². The lowest BCUT2D eigenvalue weighted by molar-refractivity contribution is -0.384. The number of halogens is 1. The quantitative estimate of drug-likeness (QED) is 0.651. The van der Waals surface area contributed by atoms with Crippen LogP contribution >= 0.6 is 15.9 Å². The maximum absolute atomic E-state index is 11.1. The van der Waals surface area contributed by atoms with E-state index >= 15 is 0 Å². The Morgan fingerprint density at radius 2 is 2.15 bits per heavy atom. The Labute approximate surface area is 127 Å². The molecule has 2 rings (SSSR count). The summed E-state index contributed by atoms with van der Waals surface area (Å²) in [6, 6.07) is 1.78. The monoisotopic (exact) mass is 341 g/mol. The fourth-order valence-electron chi connectivity index (χ4n) is 2.99. The largest absolute Gasteiger partial charge is 0.361 e. The zero-order valence-electron chi connectivity index (χ0n) is 11.8. The highest BCUT2D eigenvalue weighted by molar-refractivity contribution is 9.10. The lowest BCUT2D eigenvalue weighted by atomic mass is 9.78. The number of nitrogens with zero attached hydrogens (tertiary/aromatic N) is 2. The van der Waals surface area contributed by atoms with Gasteiger partial charge in [0.05, 0.1) is 4.92 Å². The predicted octanol–water partition coefficient (Wildman–Crippen LogP) is 4.38. The maximum Gasteiger partial charge on any atom is 0.312 e. The van der Waals surface area contributed by atoms with Gasteiger partial charge >= 0.3 is 5.69 Å². The van der Waals surface area contributed by atoms with Crippen molar-refractivity contribution in [2.45, 2.75) is 45.6 Å². The summed E-state index contributed by atoms with van der Waals surface area (Å²) in [4.78, 5) is 14.9. The van der Waals surface area contributed by atoms with Gasteiger partial charge in [0, 0.05) is 22.8 Å². The van der Waals surface area contributed by atoms with Gasteiger partial charge in [0.2, 0.25) is 5.82 Å². The molecule has 6 heteroatoms. The first kappa shape index (κ1) is 15.2. The van der Waals surface area contributed by atoms with Crippen LogP contribution in [-0.2, 0) is 0 Å². The number of hydrogen-bond donors (Lipinski definition) is 1. The first-order valence-electron chi connectivity index (χ1n) is 7.05. The molecule has 1 heterocycles. The lowest BCUT2D eigenvalue weighted by Gasteiger charge is -2.35. The summed E-state index contributed by atoms with van der Waals surface area (Å²) in [6.45, 7) is 4.43. The predicted molar refractivity (Wildman–Crippen MR) is 82.8 cm³/mol. The van der Waals surface area contributed by atoms with Crippen LogP contribution in [0.25, 0.3) is 0 Å². The maximum atomic E-state index is 11.1. The topological polar surface area (TPSA) is 68.1 Å². The van der Waals surface area contributed by atoms with Crippen molar-refractivity contribution in [1.29, 1.82) is 0 Å². The van der Waals surface area contributed by atoms with Crippen molar-refractivity contribution >= 4 is 27.4 Å². The summed E-state index contributed by atoms with van der Waals surface area (Å²) < 4.78 is 0.624. The van der Waals surface area contributed by atoms with E-state index < -0.39 is 0 Å². The SMILES string of the molecule is CC(C)C1CCCCC1Nc1ncc(Br)cc1[N+](=O)[O-]. The summed E-state index contributed by atoms with van der Waals surface area (Å²) in [5, 5.41) is 14.5. The van der Waals surface area contributed by atoms with Crippen molar-refractivity contribution in [2.75, 3.05) is 5.32 Å². The van der Waals surface area contributed by atoms with Gasteiger partial charge < -0.3 is 5.32 Å². The minimum atomic E-state index is -0.382. The van der Waals surface area contributed by atoms with Crippen LogP contribution in [0.3, 0.4) is 0 Å². The van der Waals surface area contributed by atoms with E-state index in [1.165, 1.54) is 25.3 Å². The zero-order valence-corrected chi connectivity index (χ0v) is 13.4. The standard InChI is InChI=1S/C14H20BrN3O2/c1-9(2)11-5-3-4-6-12(11)17-14-13(18(19)20)7-10(15)8-16-14/h7-9,11-12H,3-6H2,1-2H3,(H,16,17). The Bertz CT molecular complexity index is 493. The fourth-order valence-corrected chi connectivity index (χ4v) is 3.31. The van der Waals surface area contributed by atoms with Crippen molar-refractivity contribution in [3.8, 4) is 0 Å². The number of anilines is 1. The van der Waals surface area contributed by atoms with Crippen LogP contribution in [0.5, 0.6) is 0 Å². The average Bonchev–Trinajstić information content (AvgIpc) is 2.41. The Hall–Kier alpha value is -1.17. The summed E-state index contributed by atoms with van der Waals surface area (Å²) in [5.41, 5.74) is 0.0347. The molecule has 0 bridgehead atoms. The molecule has 0 aliphatic heterocycles. The number of nitro groups is 1. The Morgan fingerprint density at radius 3 is 2.80 bits per heavy atom. The molecular weight excluding hydrogens is 322 g/mol. The molecule has 2 atom stereocenters. The molecule has 2 unspecified atom stereocenters. The van der Waals surface area contributed by atoms with Gasteiger partial charge in [-0.15, -0.1) is 0 Å². The Balaban J connectivity index is 2.22. The van der Waals surface area contributed by atoms with E-state index in [-0.39, 0.29) is 16.7 Å². The highest BCUT2D eigenvalue weighted by Crippen LogP contribution is 2.34. The van der Waals surface area contributed by atoms with E-state index in [4.69, 9.17) is 0 Å². The molecule has 1 aromatic rings. The van der Waals surface area contributed by atoms with Gasteiger partial charge in [0.25, 0.3) is 0 Å². The van der Waals surface area contributed by atoms with E-state index in [9.17, 15) is 10.1 Å². The molecule has 0 aromatic carbocycles. The van der Waals surface area contributed by atoms with Gasteiger partial charge in [-0.05, 0) is 40.6 Å². The smallest absolute Gasteiger partial charge is 0.312 e. The lowest BCUT2D eigenvalue weighted by Crippen LogP contribution is -2.35. The second kappa shape index (κ2) is 6.52. The summed E-state index contributed by atoms with van der Waals surface area (Å²) in [5.74, 6) is 1.51. The van der Waals surface area contributed by atoms with Crippen molar-refractivity contribution in [3.63, 3.8) is 0 Å². The van der Waals surface area contributed by atoms with Crippen LogP contribution in [0, 0.1) is 22.0 Å². The molecule has 0 saturated heterocycles. The minimum Gasteiger partial charge on any atom is -0.361 e. The molecule has 0 spiro atoms. The Kier molecular flexibility index (Phi) is 4.96. The molecule has 0 amide bonds. The highest BCUT2D eigenvalue weighted by Gasteiger charge is 2.29. The summed E-state index contributed by atoms with van der Waals surface area (Å²) in [6.07, 6.45) is 6.25. The minimum absolute atomic E-state index is 0.0347. The number of nitrogens with one attached hydrogen (secondary N) is 1. The third-order valence-electron chi connectivity index (χ3n) is 4.03. The van der Waals surface area contributed by atoms with Crippen LogP contribution in [0.4, 0.5) is 11.5 Å². The first-order valence-corrected chi connectivity index (χ1v) is 7.85. The average molecular weight is 342 g/mol. The number of pyridine rings is 1. The molecule has 1 aromatic heterocycles. The van der Waals surface area contributed by atoms with E-state index in [2.05, 4.69) is 40.1 Å². The summed E-state index contributed by atoms with van der Waals surface area (Å²) >= 11 is 3.23. The van der Waals surface area contributed by atoms with Crippen molar-refractivity contribution in [3.05, 3.63) is 26.9 Å². The third-order valence-corrected chi connectivity index (χ3v) is 4.46. The molecule has 0 radical (unpaired) electrons. The van der Waals surface area contributed by atoms with Crippen LogP contribution in [0.1, 0.15) is 39.5 Å². The molecule has 1 N–H and O–H groups in total. The van der Waals surface area contributed by atoms with E-state index in [1.54, 1.807) is 6.20 Å². The van der Waals surface area contributed by atoms with Gasteiger partial charge in [-0.2, -0.15) is 0 Å². The number of aromatic nitrogens is 1. The second-order valence-corrected chi connectivity index (χ2v) is 6.64. The second-order valence-electron chi connectivity index (χ2n) is 5.72. The van der Waals surface area contributed by atoms with Crippen molar-refractivity contribution in [2.24, 2.45) is 11.8 Å². The van der Waals surface area contributed by atoms with E-state index in [0.717, 1.165) is 6.42 Å². The Morgan fingerprint density at radius 1 is 1.45 bits per heavy atom. The number of hydrogen-bond acceptors (Lipinski definition) is 4. The van der Waals surface area contributed by atoms with Crippen LogP contribution in [0.2, 0.25) is 0 Å². The fraction of sp³-hybridized carbons (Fsp3) is 0.643. The molecule has 1 fully saturated rings. The highest BCUT2D eigenvalue weighted by atomic mass is 79.9. The van der Waals surface area contributed by atoms with Gasteiger partial charge in [-0.1, -0.05) is 26.7 Å². The normalized spacial score (nSPS) is 22.8. The third kappa shape index (κ3) is 3.48. The van der Waals surface area contributed by atoms with Crippen molar-refractivity contribution in [1.82, 2.24) is 4.98 Å². The zero-order chi connectivity index (χ0) is 14.7. The van der Waals surface area contributed by atoms with E-state index in [1.807, 2.05) is 0 Å². The van der Waals surface area contributed by atoms with Crippen molar-refractivity contribution < 1.29 is 4.92 Å². The molecular formula is C14H20BrN3O2. The molecule has 110 valence electrons. The molecule has 1 aliphatic carbocycles. The van der Waals surface area contributed by atoms with Crippen LogP contribution in [-0.4, -0.2) is 15.9 Å². The van der Waals surface area contributed by atoms with Crippen LogP contribution in [0.15, 0.2) is 16.7 Å². The van der Waals surface area contributed by atoms with Gasteiger partial charge in [-0.3, -0.25) is 10.1 Å². The van der Waals surface area contributed by atoms with Gasteiger partial charge in [0.15, 0.2) is 0 Å². The van der Waals surface area contributed by atoms with Gasteiger partial charge in [0.1, 0.15) is 0 Å². The van der Waals surface area contributed by atoms with E-state index in [0.29, 0.717) is 22.1 Å². The molecule has 5 nitrogen and oxygen atoms in total. The molecule has 1 saturated carbocycles. The first-order chi connectivity index (χ1) is 9.49. The number of rotatable bonds is 4. The summed E-state index contributed by atoms with van der Waals surface area (Å²) in [7, 11) is 0. The van der Waals surface area contributed by atoms with Gasteiger partial charge in [-0.25, -0.2) is 4.98 Å². The molecule has 1 aliphatic rings. The molecule has 20 heavy (non-hydrogen) atoms.